The van der Waals surface area contributed by atoms with Crippen molar-refractivity contribution in [3.8, 4) is 5.75 Å². The molecule has 30 heavy (non-hydrogen) atoms. The molecule has 0 radical (unpaired) electrons. The Morgan fingerprint density at radius 2 is 1.97 bits per heavy atom. The number of hydrogen-bond donors (Lipinski definition) is 3. The molecule has 3 N–H and O–H groups in total. The fourth-order valence-electron chi connectivity index (χ4n) is 3.79. The van der Waals surface area contributed by atoms with Crippen molar-refractivity contribution in [1.82, 2.24) is 5.32 Å². The largest absolute Gasteiger partial charge is 0.493 e. The number of fused-ring (bicyclic) bond motifs is 1. The Morgan fingerprint density at radius 3 is 2.77 bits per heavy atom. The third-order valence-electron chi connectivity index (χ3n) is 5.40. The van der Waals surface area contributed by atoms with Crippen LogP contribution in [0.5, 0.6) is 5.75 Å². The van der Waals surface area contributed by atoms with Crippen LogP contribution < -0.4 is 20.3 Å². The minimum atomic E-state index is -1.30. The number of carbonyl (C=O) groups excluding carboxylic acids is 3. The van der Waals surface area contributed by atoms with Gasteiger partial charge in [0, 0.05) is 36.3 Å². The zero-order valence-corrected chi connectivity index (χ0v) is 16.4. The monoisotopic (exact) mass is 409 g/mol. The molecule has 8 heteroatoms. The third kappa shape index (κ3) is 3.99. The van der Waals surface area contributed by atoms with Crippen molar-refractivity contribution in [2.75, 3.05) is 29.9 Å². The van der Waals surface area contributed by atoms with Crippen molar-refractivity contribution < 1.29 is 24.2 Å². The Labute approximate surface area is 173 Å². The number of para-hydroxylation sites is 1. The Kier molecular flexibility index (Phi) is 5.41. The van der Waals surface area contributed by atoms with Gasteiger partial charge in [0.25, 0.3) is 0 Å². The molecule has 0 aromatic heterocycles. The van der Waals surface area contributed by atoms with Crippen LogP contribution in [0.3, 0.4) is 0 Å². The summed E-state index contributed by atoms with van der Waals surface area (Å²) in [6, 6.07) is 13.9. The molecule has 2 aliphatic heterocycles. The lowest BCUT2D eigenvalue weighted by Crippen LogP contribution is -2.46. The second-order valence-corrected chi connectivity index (χ2v) is 7.46. The number of ether oxygens (including phenoxy) is 1. The molecule has 4 rings (SSSR count). The van der Waals surface area contributed by atoms with Crippen LogP contribution in [0.15, 0.2) is 48.5 Å². The van der Waals surface area contributed by atoms with Gasteiger partial charge in [0.1, 0.15) is 11.4 Å². The fourth-order valence-corrected chi connectivity index (χ4v) is 3.79. The van der Waals surface area contributed by atoms with Crippen LogP contribution >= 0.6 is 0 Å². The van der Waals surface area contributed by atoms with Gasteiger partial charge >= 0.3 is 11.8 Å². The van der Waals surface area contributed by atoms with Gasteiger partial charge in [-0.25, -0.2) is 0 Å². The van der Waals surface area contributed by atoms with Crippen LogP contribution in [-0.2, 0) is 20.0 Å². The summed E-state index contributed by atoms with van der Waals surface area (Å²) >= 11 is 0. The first-order valence-electron chi connectivity index (χ1n) is 9.91. The normalized spacial score (nSPS) is 20.3. The molecule has 3 amide bonds. The maximum absolute atomic E-state index is 12.3. The summed E-state index contributed by atoms with van der Waals surface area (Å²) in [5.41, 5.74) is 0.382. The van der Waals surface area contributed by atoms with Crippen molar-refractivity contribution in [3.63, 3.8) is 0 Å². The summed E-state index contributed by atoms with van der Waals surface area (Å²) in [4.78, 5) is 38.2. The van der Waals surface area contributed by atoms with Crippen molar-refractivity contribution in [2.24, 2.45) is 0 Å². The summed E-state index contributed by atoms with van der Waals surface area (Å²) in [5.74, 6) is -1.08. The van der Waals surface area contributed by atoms with E-state index in [2.05, 4.69) is 10.6 Å². The van der Waals surface area contributed by atoms with Crippen LogP contribution in [0.4, 0.5) is 11.4 Å². The summed E-state index contributed by atoms with van der Waals surface area (Å²) in [7, 11) is 0. The molecule has 0 bridgehead atoms. The highest BCUT2D eigenvalue weighted by Gasteiger charge is 2.36. The van der Waals surface area contributed by atoms with Gasteiger partial charge in [-0.3, -0.25) is 14.4 Å². The molecular weight excluding hydrogens is 386 g/mol. The Bertz CT molecular complexity index is 992. The van der Waals surface area contributed by atoms with Crippen LogP contribution in [0.1, 0.15) is 24.8 Å². The Balaban J connectivity index is 1.38. The van der Waals surface area contributed by atoms with Crippen LogP contribution in [0, 0.1) is 0 Å². The van der Waals surface area contributed by atoms with E-state index in [0.717, 1.165) is 6.42 Å². The number of carbonyl (C=O) groups is 3. The van der Waals surface area contributed by atoms with Crippen molar-refractivity contribution in [3.05, 3.63) is 54.1 Å². The van der Waals surface area contributed by atoms with E-state index >= 15 is 0 Å². The molecule has 2 aromatic rings. The second kappa shape index (κ2) is 8.16. The number of aliphatic hydroxyl groups is 1. The molecule has 2 aromatic carbocycles. The first-order valence-corrected chi connectivity index (χ1v) is 9.91. The highest BCUT2D eigenvalue weighted by atomic mass is 16.5. The van der Waals surface area contributed by atoms with Crippen LogP contribution in [-0.4, -0.2) is 42.5 Å². The molecule has 0 aliphatic carbocycles. The van der Waals surface area contributed by atoms with Gasteiger partial charge in [0.2, 0.25) is 5.91 Å². The molecule has 2 heterocycles. The van der Waals surface area contributed by atoms with E-state index in [0.29, 0.717) is 48.7 Å². The molecule has 156 valence electrons. The second-order valence-electron chi connectivity index (χ2n) is 7.46. The van der Waals surface area contributed by atoms with Crippen molar-refractivity contribution in [2.45, 2.75) is 24.9 Å². The minimum absolute atomic E-state index is 0.0428. The van der Waals surface area contributed by atoms with Gasteiger partial charge in [-0.15, -0.1) is 0 Å². The number of hydrogen-bond acceptors (Lipinski definition) is 5. The number of nitrogens with zero attached hydrogens (tertiary/aromatic N) is 1. The molecule has 2 aliphatic rings. The van der Waals surface area contributed by atoms with E-state index in [9.17, 15) is 19.5 Å². The Morgan fingerprint density at radius 1 is 1.13 bits per heavy atom. The highest BCUT2D eigenvalue weighted by molar-refractivity contribution is 6.39. The maximum Gasteiger partial charge on any atom is 0.313 e. The molecule has 0 unspecified atom stereocenters. The summed E-state index contributed by atoms with van der Waals surface area (Å²) in [5, 5.41) is 16.0. The molecular formula is C22H23N3O5. The maximum atomic E-state index is 12.3. The van der Waals surface area contributed by atoms with Crippen LogP contribution in [0.25, 0.3) is 0 Å². The van der Waals surface area contributed by atoms with E-state index in [-0.39, 0.29) is 12.5 Å². The molecule has 1 fully saturated rings. The SMILES string of the molecule is O=C(NC[C@]1(O)CCOc2ccccc21)C(=O)Nc1cccc(N2CCCC2=O)c1. The number of benzene rings is 2. The number of anilines is 2. The zero-order valence-electron chi connectivity index (χ0n) is 16.4. The minimum Gasteiger partial charge on any atom is -0.493 e. The quantitative estimate of drug-likeness (QED) is 0.664. The molecule has 0 spiro atoms. The van der Waals surface area contributed by atoms with Gasteiger partial charge in [0.15, 0.2) is 0 Å². The van der Waals surface area contributed by atoms with E-state index in [4.69, 9.17) is 4.74 Å². The van der Waals surface area contributed by atoms with Gasteiger partial charge in [-0.2, -0.15) is 0 Å². The summed E-state index contributed by atoms with van der Waals surface area (Å²) in [6.07, 6.45) is 1.61. The lowest BCUT2D eigenvalue weighted by molar-refractivity contribution is -0.137. The lowest BCUT2D eigenvalue weighted by Gasteiger charge is -2.34. The lowest BCUT2D eigenvalue weighted by atomic mass is 9.88. The number of nitrogens with one attached hydrogen (secondary N) is 2. The predicted octanol–water partition coefficient (Wildman–Crippen LogP) is 1.54. The van der Waals surface area contributed by atoms with E-state index in [1.807, 2.05) is 0 Å². The third-order valence-corrected chi connectivity index (χ3v) is 5.40. The van der Waals surface area contributed by atoms with Crippen molar-refractivity contribution >= 4 is 29.1 Å². The number of rotatable bonds is 4. The average molecular weight is 409 g/mol. The summed E-state index contributed by atoms with van der Waals surface area (Å²) in [6.45, 7) is 0.847. The topological polar surface area (TPSA) is 108 Å². The zero-order chi connectivity index (χ0) is 21.1. The first kappa shape index (κ1) is 19.9. The van der Waals surface area contributed by atoms with E-state index in [1.54, 1.807) is 53.4 Å². The summed E-state index contributed by atoms with van der Waals surface area (Å²) < 4.78 is 5.53. The fraction of sp³-hybridized carbons (Fsp3) is 0.318. The van der Waals surface area contributed by atoms with Crippen molar-refractivity contribution in [1.29, 1.82) is 0 Å². The van der Waals surface area contributed by atoms with E-state index < -0.39 is 17.4 Å². The van der Waals surface area contributed by atoms with E-state index in [1.165, 1.54) is 0 Å². The molecule has 1 saturated heterocycles. The predicted molar refractivity (Wildman–Crippen MR) is 110 cm³/mol. The Hall–Kier alpha value is -3.39. The van der Waals surface area contributed by atoms with Gasteiger partial charge < -0.3 is 25.4 Å². The smallest absolute Gasteiger partial charge is 0.313 e. The molecule has 0 saturated carbocycles. The average Bonchev–Trinajstić information content (AvgIpc) is 3.18. The van der Waals surface area contributed by atoms with Gasteiger partial charge in [0.05, 0.1) is 13.2 Å². The number of amides is 3. The first-order chi connectivity index (χ1) is 14.5. The highest BCUT2D eigenvalue weighted by Crippen LogP contribution is 2.36. The molecule has 1 atom stereocenters. The van der Waals surface area contributed by atoms with Gasteiger partial charge in [-0.1, -0.05) is 24.3 Å². The molecule has 8 nitrogen and oxygen atoms in total. The standard InChI is InChI=1S/C22H23N3O5/c26-19-9-4-11-25(19)16-6-3-5-15(13-16)24-21(28)20(27)23-14-22(29)10-12-30-18-8-2-1-7-17(18)22/h1-3,5-8,13,29H,4,9-12,14H2,(H,23,27)(H,24,28)/t22-/m1/s1. The van der Waals surface area contributed by atoms with Crippen LogP contribution in [0.2, 0.25) is 0 Å². The van der Waals surface area contributed by atoms with Gasteiger partial charge in [-0.05, 0) is 30.7 Å².